The molecule has 4 rings (SSSR count). The monoisotopic (exact) mass is 392 g/mol. The van der Waals surface area contributed by atoms with Gasteiger partial charge in [0.1, 0.15) is 11.7 Å². The number of ether oxygens (including phenoxy) is 2. The van der Waals surface area contributed by atoms with E-state index in [1.165, 1.54) is 6.92 Å². The van der Waals surface area contributed by atoms with Gasteiger partial charge in [-0.05, 0) is 55.1 Å². The summed E-state index contributed by atoms with van der Waals surface area (Å²) in [6.45, 7) is 6.23. The number of epoxide rings is 1. The van der Waals surface area contributed by atoms with Crippen molar-refractivity contribution in [3.05, 3.63) is 24.2 Å². The maximum absolute atomic E-state index is 11.9. The SMILES string of the molecule is CC(=O)O[C@H]1CC[C@]2(CO2)[C@@]2(CO)[C@H]1[C@@](C)(CCc1ccoc1)[C@H](C)C[C@@H]2O. The topological polar surface area (TPSA) is 92.4 Å². The third kappa shape index (κ3) is 2.76. The number of aryl methyl sites for hydroxylation is 1. The van der Waals surface area contributed by atoms with Gasteiger partial charge >= 0.3 is 5.97 Å². The molecule has 3 aliphatic rings. The Kier molecular flexibility index (Phi) is 4.88. The Morgan fingerprint density at radius 2 is 2.18 bits per heavy atom. The molecule has 3 fully saturated rings. The Morgan fingerprint density at radius 3 is 2.75 bits per heavy atom. The summed E-state index contributed by atoms with van der Waals surface area (Å²) >= 11 is 0. The van der Waals surface area contributed by atoms with Crippen molar-refractivity contribution in [1.82, 2.24) is 0 Å². The number of fused-ring (bicyclic) bond motifs is 2. The predicted octanol–water partition coefficient (Wildman–Crippen LogP) is 2.71. The molecule has 0 radical (unpaired) electrons. The minimum Gasteiger partial charge on any atom is -0.472 e. The second-order valence-corrected chi connectivity index (χ2v) is 9.44. The number of carbonyl (C=O) groups excluding carboxylic acids is 1. The van der Waals surface area contributed by atoms with Gasteiger partial charge in [-0.25, -0.2) is 0 Å². The molecule has 7 atom stereocenters. The van der Waals surface area contributed by atoms with Crippen LogP contribution < -0.4 is 0 Å². The number of hydrogen-bond acceptors (Lipinski definition) is 6. The van der Waals surface area contributed by atoms with E-state index in [1.807, 2.05) is 6.07 Å². The van der Waals surface area contributed by atoms with Crippen LogP contribution in [0.4, 0.5) is 0 Å². The molecule has 2 saturated carbocycles. The molecule has 1 saturated heterocycles. The van der Waals surface area contributed by atoms with Crippen LogP contribution in [0.15, 0.2) is 23.0 Å². The lowest BCUT2D eigenvalue weighted by atomic mass is 9.42. The Labute approximate surface area is 166 Å². The number of aliphatic hydroxyl groups excluding tert-OH is 2. The van der Waals surface area contributed by atoms with Crippen LogP contribution in [0.3, 0.4) is 0 Å². The molecule has 0 unspecified atom stereocenters. The summed E-state index contributed by atoms with van der Waals surface area (Å²) in [6, 6.07) is 1.97. The highest BCUT2D eigenvalue weighted by molar-refractivity contribution is 5.66. The summed E-state index contributed by atoms with van der Waals surface area (Å²) in [5, 5.41) is 21.9. The highest BCUT2D eigenvalue weighted by atomic mass is 16.6. The molecule has 0 amide bonds. The summed E-state index contributed by atoms with van der Waals surface area (Å²) in [7, 11) is 0. The molecule has 2 N–H and O–H groups in total. The first kappa shape index (κ1) is 19.9. The standard InChI is InChI=1S/C22H32O6/c1-14-10-18(25)22(12-23)19(20(14,3)7-4-16-6-9-26-11-16)17(28-15(2)24)5-8-21(22)13-27-21/h6,9,11,14,17-19,23,25H,4-5,7-8,10,12-13H2,1-3H3/t14-,17+,18+,19-,20+,21+,22-/m1/s1. The lowest BCUT2D eigenvalue weighted by Gasteiger charge is -2.64. The number of aliphatic hydroxyl groups is 2. The van der Waals surface area contributed by atoms with Crippen LogP contribution in [0, 0.1) is 22.7 Å². The van der Waals surface area contributed by atoms with E-state index in [4.69, 9.17) is 13.9 Å². The first-order valence-corrected chi connectivity index (χ1v) is 10.4. The minimum absolute atomic E-state index is 0.162. The average molecular weight is 392 g/mol. The van der Waals surface area contributed by atoms with Gasteiger partial charge in [-0.1, -0.05) is 13.8 Å². The van der Waals surface area contributed by atoms with E-state index >= 15 is 0 Å². The van der Waals surface area contributed by atoms with E-state index in [9.17, 15) is 15.0 Å². The van der Waals surface area contributed by atoms with Crippen molar-refractivity contribution in [2.75, 3.05) is 13.2 Å². The Bertz CT molecular complexity index is 711. The number of hydrogen-bond donors (Lipinski definition) is 2. The van der Waals surface area contributed by atoms with Gasteiger partial charge in [0, 0.05) is 12.8 Å². The normalized spacial score (nSPS) is 44.9. The highest BCUT2D eigenvalue weighted by Crippen LogP contribution is 2.68. The smallest absolute Gasteiger partial charge is 0.302 e. The van der Waals surface area contributed by atoms with Gasteiger partial charge in [0.2, 0.25) is 0 Å². The maximum atomic E-state index is 11.9. The highest BCUT2D eigenvalue weighted by Gasteiger charge is 2.75. The molecule has 1 aromatic rings. The van der Waals surface area contributed by atoms with Crippen LogP contribution in [-0.4, -0.2) is 47.2 Å². The molecule has 6 heteroatoms. The van der Waals surface area contributed by atoms with E-state index in [-0.39, 0.29) is 35.9 Å². The van der Waals surface area contributed by atoms with Crippen LogP contribution in [0.1, 0.15) is 52.0 Å². The number of rotatable bonds is 5. The Hall–Kier alpha value is -1.37. The van der Waals surface area contributed by atoms with E-state index in [1.54, 1.807) is 12.5 Å². The van der Waals surface area contributed by atoms with Crippen LogP contribution in [0.25, 0.3) is 0 Å². The Balaban J connectivity index is 1.76. The molecule has 0 bridgehead atoms. The van der Waals surface area contributed by atoms with Gasteiger partial charge in [0.25, 0.3) is 0 Å². The van der Waals surface area contributed by atoms with Gasteiger partial charge < -0.3 is 24.1 Å². The van der Waals surface area contributed by atoms with Crippen molar-refractivity contribution >= 4 is 5.97 Å². The molecule has 2 aliphatic carbocycles. The maximum Gasteiger partial charge on any atom is 0.302 e. The van der Waals surface area contributed by atoms with Crippen LogP contribution in [0.2, 0.25) is 0 Å². The summed E-state index contributed by atoms with van der Waals surface area (Å²) in [5.74, 6) is -0.267. The number of furan rings is 1. The summed E-state index contributed by atoms with van der Waals surface area (Å²) in [6.07, 6.45) is 6.15. The van der Waals surface area contributed by atoms with Crippen molar-refractivity contribution in [2.45, 2.75) is 70.7 Å². The van der Waals surface area contributed by atoms with Crippen molar-refractivity contribution in [1.29, 1.82) is 0 Å². The van der Waals surface area contributed by atoms with Gasteiger partial charge in [-0.15, -0.1) is 0 Å². The molecule has 0 aromatic carbocycles. The number of carbonyl (C=O) groups is 1. The fourth-order valence-electron chi connectivity index (χ4n) is 6.47. The third-order valence-electron chi connectivity index (χ3n) is 8.22. The van der Waals surface area contributed by atoms with E-state index < -0.39 is 17.1 Å². The zero-order valence-electron chi connectivity index (χ0n) is 17.0. The molecule has 2 heterocycles. The van der Waals surface area contributed by atoms with Crippen LogP contribution in [-0.2, 0) is 20.7 Å². The molecule has 6 nitrogen and oxygen atoms in total. The zero-order chi connectivity index (χ0) is 20.2. The fourth-order valence-corrected chi connectivity index (χ4v) is 6.47. The van der Waals surface area contributed by atoms with Crippen molar-refractivity contribution < 1.29 is 28.9 Å². The molecule has 1 spiro atoms. The van der Waals surface area contributed by atoms with Gasteiger partial charge in [0.05, 0.1) is 37.3 Å². The molecular weight excluding hydrogens is 360 g/mol. The lowest BCUT2D eigenvalue weighted by molar-refractivity contribution is -0.247. The quantitative estimate of drug-likeness (QED) is 0.591. The predicted molar refractivity (Wildman–Crippen MR) is 101 cm³/mol. The third-order valence-corrected chi connectivity index (χ3v) is 8.22. The van der Waals surface area contributed by atoms with Crippen molar-refractivity contribution in [2.24, 2.45) is 22.7 Å². The first-order chi connectivity index (χ1) is 13.3. The Morgan fingerprint density at radius 1 is 1.43 bits per heavy atom. The van der Waals surface area contributed by atoms with Crippen molar-refractivity contribution in [3.8, 4) is 0 Å². The lowest BCUT2D eigenvalue weighted by Crippen LogP contribution is -2.69. The average Bonchev–Trinajstić information content (AvgIpc) is 3.23. The molecule has 1 aliphatic heterocycles. The van der Waals surface area contributed by atoms with Crippen molar-refractivity contribution in [3.63, 3.8) is 0 Å². The van der Waals surface area contributed by atoms with Gasteiger partial charge in [0.15, 0.2) is 0 Å². The van der Waals surface area contributed by atoms with Crippen LogP contribution >= 0.6 is 0 Å². The summed E-state index contributed by atoms with van der Waals surface area (Å²) in [5.41, 5.74) is -0.396. The molecule has 1 aromatic heterocycles. The first-order valence-electron chi connectivity index (χ1n) is 10.4. The summed E-state index contributed by atoms with van der Waals surface area (Å²) in [4.78, 5) is 11.9. The minimum atomic E-state index is -0.803. The van der Waals surface area contributed by atoms with Gasteiger partial charge in [-0.2, -0.15) is 0 Å². The second-order valence-electron chi connectivity index (χ2n) is 9.44. The number of esters is 1. The summed E-state index contributed by atoms with van der Waals surface area (Å²) < 4.78 is 17.0. The largest absolute Gasteiger partial charge is 0.472 e. The molecule has 28 heavy (non-hydrogen) atoms. The van der Waals surface area contributed by atoms with E-state index in [0.29, 0.717) is 25.9 Å². The van der Waals surface area contributed by atoms with E-state index in [0.717, 1.165) is 18.4 Å². The fraction of sp³-hybridized carbons (Fsp3) is 0.773. The van der Waals surface area contributed by atoms with E-state index in [2.05, 4.69) is 13.8 Å². The van der Waals surface area contributed by atoms with Gasteiger partial charge in [-0.3, -0.25) is 4.79 Å². The second kappa shape index (κ2) is 6.85. The van der Waals surface area contributed by atoms with Crippen LogP contribution in [0.5, 0.6) is 0 Å². The molecule has 156 valence electrons. The molecular formula is C22H32O6. The zero-order valence-corrected chi connectivity index (χ0v) is 17.0.